The maximum Gasteiger partial charge on any atom is 0.287 e. The van der Waals surface area contributed by atoms with Gasteiger partial charge < -0.3 is 15.3 Å². The Hall–Kier alpha value is -1.96. The van der Waals surface area contributed by atoms with E-state index in [-0.39, 0.29) is 57.1 Å². The topological polar surface area (TPSA) is 145 Å². The minimum Gasteiger partial charge on any atom is -0.511 e. The minimum absolute atomic E-state index is 0.0597. The number of fused-ring (bicyclic) bond motifs is 6. The summed E-state index contributed by atoms with van der Waals surface area (Å²) in [6.45, 7) is 4.53. The van der Waals surface area contributed by atoms with E-state index in [0.717, 1.165) is 43.3 Å². The van der Waals surface area contributed by atoms with Crippen molar-refractivity contribution in [2.75, 3.05) is 18.1 Å². The number of hydrogen-bond acceptors (Lipinski definition) is 8. The van der Waals surface area contributed by atoms with Crippen LogP contribution in [0, 0.1) is 23.7 Å². The number of aliphatic hydroxyl groups excluding tert-OH is 1. The molecule has 2 aliphatic carbocycles. The summed E-state index contributed by atoms with van der Waals surface area (Å²) < 4.78 is 55.5. The molecular formula is C22H30N4O6S3. The summed E-state index contributed by atoms with van der Waals surface area (Å²) in [5, 5.41) is 16.1. The van der Waals surface area contributed by atoms with Crippen molar-refractivity contribution in [2.45, 2.75) is 57.0 Å². The van der Waals surface area contributed by atoms with Crippen LogP contribution in [0.2, 0.25) is 0 Å². The predicted molar refractivity (Wildman–Crippen MR) is 133 cm³/mol. The number of amidine groups is 1. The molecule has 1 aromatic rings. The second-order valence-corrected chi connectivity index (χ2v) is 14.6. The molecule has 3 heterocycles. The molecule has 3 N–H and O–H groups in total. The van der Waals surface area contributed by atoms with Crippen molar-refractivity contribution in [3.8, 4) is 0 Å². The van der Waals surface area contributed by atoms with Crippen LogP contribution in [0.1, 0.15) is 45.1 Å². The third kappa shape index (κ3) is 4.30. The lowest BCUT2D eigenvalue weighted by atomic mass is 9.77. The fourth-order valence-electron chi connectivity index (χ4n) is 6.01. The van der Waals surface area contributed by atoms with Gasteiger partial charge in [0.2, 0.25) is 10.0 Å². The van der Waals surface area contributed by atoms with Crippen LogP contribution in [0.5, 0.6) is 0 Å². The lowest BCUT2D eigenvalue weighted by molar-refractivity contribution is -0.133. The third-order valence-corrected chi connectivity index (χ3v) is 10.7. The second-order valence-electron chi connectivity index (χ2n) is 10.3. The summed E-state index contributed by atoms with van der Waals surface area (Å²) >= 11 is 1.09. The number of amides is 1. The Kier molecular flexibility index (Phi) is 6.05. The normalized spacial score (nSPS) is 29.3. The number of anilines is 1. The Morgan fingerprint density at radius 1 is 1.31 bits per heavy atom. The summed E-state index contributed by atoms with van der Waals surface area (Å²) in [5.74, 6) is 0.178. The van der Waals surface area contributed by atoms with Crippen LogP contribution in [0.15, 0.2) is 26.0 Å². The molecule has 4 atom stereocenters. The van der Waals surface area contributed by atoms with Gasteiger partial charge in [0.15, 0.2) is 5.84 Å². The number of aliphatic hydroxyl groups is 1. The average molecular weight is 543 g/mol. The Bertz CT molecular complexity index is 1340. The molecule has 192 valence electrons. The number of carbonyl (C=O) groups excluding carboxylic acids is 1. The van der Waals surface area contributed by atoms with Crippen LogP contribution in [0.4, 0.5) is 5.00 Å². The van der Waals surface area contributed by atoms with Gasteiger partial charge in [-0.25, -0.2) is 13.1 Å². The third-order valence-electron chi connectivity index (χ3n) is 7.51. The van der Waals surface area contributed by atoms with Gasteiger partial charge in [0.05, 0.1) is 6.26 Å². The van der Waals surface area contributed by atoms with Crippen LogP contribution < -0.4 is 10.0 Å². The molecule has 4 aliphatic rings. The van der Waals surface area contributed by atoms with E-state index >= 15 is 0 Å². The molecule has 35 heavy (non-hydrogen) atoms. The highest BCUT2D eigenvalue weighted by molar-refractivity contribution is 7.91. The Morgan fingerprint density at radius 3 is 2.71 bits per heavy atom. The number of nitrogens with one attached hydrogen (secondary N) is 2. The predicted octanol–water partition coefficient (Wildman–Crippen LogP) is 2.43. The first-order chi connectivity index (χ1) is 16.4. The van der Waals surface area contributed by atoms with Crippen molar-refractivity contribution < 1.29 is 26.7 Å². The average Bonchev–Trinajstić information content (AvgIpc) is 3.46. The van der Waals surface area contributed by atoms with Gasteiger partial charge in [0, 0.05) is 30.6 Å². The van der Waals surface area contributed by atoms with Gasteiger partial charge in [-0.05, 0) is 48.8 Å². The molecule has 2 saturated carbocycles. The number of rotatable bonds is 7. The molecule has 0 saturated heterocycles. The Morgan fingerprint density at radius 2 is 2.03 bits per heavy atom. The first-order valence-electron chi connectivity index (χ1n) is 11.8. The molecule has 0 radical (unpaired) electrons. The zero-order valence-electron chi connectivity index (χ0n) is 19.8. The zero-order chi connectivity index (χ0) is 25.3. The van der Waals surface area contributed by atoms with E-state index in [1.54, 1.807) is 5.38 Å². The number of hydrogen-bond donors (Lipinski definition) is 3. The zero-order valence-corrected chi connectivity index (χ0v) is 22.3. The van der Waals surface area contributed by atoms with Gasteiger partial charge in [-0.1, -0.05) is 13.8 Å². The van der Waals surface area contributed by atoms with E-state index in [1.807, 2.05) is 4.90 Å². The monoisotopic (exact) mass is 542 g/mol. The summed E-state index contributed by atoms with van der Waals surface area (Å²) in [6, 6.07) is -0.0597. The smallest absolute Gasteiger partial charge is 0.287 e. The maximum absolute atomic E-state index is 13.7. The molecule has 2 bridgehead atoms. The van der Waals surface area contributed by atoms with E-state index in [0.29, 0.717) is 18.4 Å². The summed E-state index contributed by atoms with van der Waals surface area (Å²) in [4.78, 5) is 15.5. The molecule has 2 fully saturated rings. The van der Waals surface area contributed by atoms with Gasteiger partial charge in [-0.2, -0.15) is 8.42 Å². The highest BCUT2D eigenvalue weighted by Gasteiger charge is 2.57. The molecular weight excluding hydrogens is 512 g/mol. The summed E-state index contributed by atoms with van der Waals surface area (Å²) in [5.41, 5.74) is 0.201. The highest BCUT2D eigenvalue weighted by atomic mass is 32.2. The van der Waals surface area contributed by atoms with Crippen molar-refractivity contribution in [1.82, 2.24) is 9.62 Å². The van der Waals surface area contributed by atoms with Crippen LogP contribution >= 0.6 is 11.3 Å². The first kappa shape index (κ1) is 24.7. The van der Waals surface area contributed by atoms with E-state index in [9.17, 15) is 26.7 Å². The molecule has 5 rings (SSSR count). The maximum atomic E-state index is 13.7. The summed E-state index contributed by atoms with van der Waals surface area (Å²) in [6.07, 6.45) is 4.79. The van der Waals surface area contributed by atoms with Crippen LogP contribution in [0.3, 0.4) is 0 Å². The van der Waals surface area contributed by atoms with E-state index < -0.39 is 26.0 Å². The molecule has 2 unspecified atom stereocenters. The number of sulfonamides is 2. The van der Waals surface area contributed by atoms with Crippen molar-refractivity contribution >= 4 is 48.1 Å². The SMILES string of the molecule is CC(C)CCN1C(=O)C(C2=NS(=O)(=O)c3c(CNS(C)(=O)=O)csc3N2)=C(O)[C@@H]2C3CCC(C3)[C@@H]21. The van der Waals surface area contributed by atoms with Gasteiger partial charge >= 0.3 is 0 Å². The van der Waals surface area contributed by atoms with Crippen molar-refractivity contribution in [1.29, 1.82) is 0 Å². The number of nitrogens with zero attached hydrogens (tertiary/aromatic N) is 2. The van der Waals surface area contributed by atoms with Gasteiger partial charge in [-0.3, -0.25) is 4.79 Å². The fourth-order valence-corrected chi connectivity index (χ4v) is 9.03. The lowest BCUT2D eigenvalue weighted by Crippen LogP contribution is -2.54. The number of thiophene rings is 1. The molecule has 0 spiro atoms. The second kappa shape index (κ2) is 8.56. The van der Waals surface area contributed by atoms with Gasteiger partial charge in [-0.15, -0.1) is 15.7 Å². The minimum atomic E-state index is -4.23. The quantitative estimate of drug-likeness (QED) is 0.480. The fraction of sp³-hybridized carbons (Fsp3) is 0.636. The van der Waals surface area contributed by atoms with Crippen molar-refractivity contribution in [3.05, 3.63) is 22.3 Å². The highest BCUT2D eigenvalue weighted by Crippen LogP contribution is 2.55. The number of carbonyl (C=O) groups is 1. The molecule has 10 nitrogen and oxygen atoms in total. The van der Waals surface area contributed by atoms with Crippen molar-refractivity contribution in [2.24, 2.45) is 28.1 Å². The van der Waals surface area contributed by atoms with E-state index in [1.165, 1.54) is 0 Å². The lowest BCUT2D eigenvalue weighted by Gasteiger charge is -2.44. The molecule has 2 aliphatic heterocycles. The van der Waals surface area contributed by atoms with E-state index in [4.69, 9.17) is 0 Å². The molecule has 1 amide bonds. The first-order valence-corrected chi connectivity index (χ1v) is 16.0. The molecule has 1 aromatic heterocycles. The van der Waals surface area contributed by atoms with Crippen molar-refractivity contribution in [3.63, 3.8) is 0 Å². The van der Waals surface area contributed by atoms with Crippen LogP contribution in [-0.2, 0) is 31.4 Å². The Balaban J connectivity index is 1.53. The van der Waals surface area contributed by atoms with Crippen LogP contribution in [-0.4, -0.2) is 57.4 Å². The van der Waals surface area contributed by atoms with Gasteiger partial charge in [0.25, 0.3) is 15.9 Å². The molecule has 13 heteroatoms. The van der Waals surface area contributed by atoms with Crippen LogP contribution in [0.25, 0.3) is 0 Å². The standard InChI is InChI=1S/C22H30N4O6S3/c1-11(2)6-7-26-17-13-5-4-12(8-13)15(17)18(27)16(22(26)28)20-24-21-19(35(31,32)25-20)14(10-33-21)9-23-34(3,29)30/h10-13,15,17,23,27H,4-9H2,1-3H3,(H,24,25)/t12?,13?,15-,17+/m1/s1. The van der Waals surface area contributed by atoms with Gasteiger partial charge in [0.1, 0.15) is 21.2 Å². The van der Waals surface area contributed by atoms with E-state index in [2.05, 4.69) is 28.3 Å². The summed E-state index contributed by atoms with van der Waals surface area (Å²) in [7, 11) is -7.76. The molecule has 0 aromatic carbocycles. The largest absolute Gasteiger partial charge is 0.511 e. The Labute approximate surface area is 209 Å².